The van der Waals surface area contributed by atoms with Crippen molar-refractivity contribution in [3.05, 3.63) is 93.6 Å². The Hall–Kier alpha value is -3.02. The van der Waals surface area contributed by atoms with Crippen LogP contribution in [0.3, 0.4) is 0 Å². The molecule has 0 aliphatic carbocycles. The minimum atomic E-state index is 0.0307. The molecule has 0 radical (unpaired) electrons. The zero-order valence-corrected chi connectivity index (χ0v) is 17.0. The van der Waals surface area contributed by atoms with Gasteiger partial charge in [-0.25, -0.2) is 0 Å². The molecule has 0 bridgehead atoms. The predicted molar refractivity (Wildman–Crippen MR) is 120 cm³/mol. The second-order valence-electron chi connectivity index (χ2n) is 6.83. The Morgan fingerprint density at radius 1 is 1.03 bits per heavy atom. The highest BCUT2D eigenvalue weighted by atomic mass is 35.5. The van der Waals surface area contributed by atoms with E-state index in [2.05, 4.69) is 4.98 Å². The summed E-state index contributed by atoms with van der Waals surface area (Å²) in [6, 6.07) is 15.6. The summed E-state index contributed by atoms with van der Waals surface area (Å²) in [5.74, 6) is 0. The van der Waals surface area contributed by atoms with E-state index in [1.54, 1.807) is 28.3 Å². The van der Waals surface area contributed by atoms with Crippen LogP contribution in [0.1, 0.15) is 5.69 Å². The lowest BCUT2D eigenvalue weighted by Crippen LogP contribution is -2.20. The summed E-state index contributed by atoms with van der Waals surface area (Å²) in [5.41, 5.74) is 3.87. The Morgan fingerprint density at radius 2 is 1.90 bits per heavy atom. The number of rotatable bonds is 4. The molecule has 4 aromatic heterocycles. The molecule has 0 amide bonds. The summed E-state index contributed by atoms with van der Waals surface area (Å²) in [5, 5.41) is 4.53. The summed E-state index contributed by atoms with van der Waals surface area (Å²) in [6.07, 6.45) is 6.05. The van der Waals surface area contributed by atoms with E-state index in [9.17, 15) is 4.79 Å². The van der Waals surface area contributed by atoms with Crippen LogP contribution in [-0.4, -0.2) is 14.5 Å². The molecule has 1 aromatic carbocycles. The molecule has 5 rings (SSSR count). The fourth-order valence-corrected chi connectivity index (χ4v) is 4.65. The van der Waals surface area contributed by atoms with E-state index in [4.69, 9.17) is 16.6 Å². The summed E-state index contributed by atoms with van der Waals surface area (Å²) < 4.78 is 2.77. The van der Waals surface area contributed by atoms with Crippen LogP contribution in [0.25, 0.3) is 32.1 Å². The van der Waals surface area contributed by atoms with Crippen molar-refractivity contribution >= 4 is 43.9 Å². The molecule has 6 heteroatoms. The van der Waals surface area contributed by atoms with E-state index >= 15 is 0 Å². The summed E-state index contributed by atoms with van der Waals surface area (Å²) in [6.45, 7) is 0.576. The fraction of sp³-hybridized carbons (Fsp3) is 0.0870. The zero-order valence-electron chi connectivity index (χ0n) is 15.4. The Kier molecular flexibility index (Phi) is 4.62. The van der Waals surface area contributed by atoms with E-state index in [1.165, 1.54) is 0 Å². The number of nitrogens with zero attached hydrogens (tertiary/aromatic N) is 3. The maximum atomic E-state index is 13.2. The highest BCUT2D eigenvalue weighted by Gasteiger charge is 2.12. The van der Waals surface area contributed by atoms with E-state index in [-0.39, 0.29) is 5.56 Å². The molecule has 0 saturated carbocycles. The first-order valence-corrected chi connectivity index (χ1v) is 10.5. The molecule has 4 heterocycles. The average molecular weight is 418 g/mol. The van der Waals surface area contributed by atoms with Gasteiger partial charge in [-0.3, -0.25) is 14.8 Å². The van der Waals surface area contributed by atoms with Crippen molar-refractivity contribution < 1.29 is 0 Å². The SMILES string of the molecule is O=c1c2c(-c3ccncc3)csc2ccn1CCc1ccc2cc(Cl)ccc2n1. The van der Waals surface area contributed by atoms with Gasteiger partial charge in [0, 0.05) is 63.3 Å². The van der Waals surface area contributed by atoms with E-state index < -0.39 is 0 Å². The molecule has 0 saturated heterocycles. The molecular formula is C23H16ClN3OS. The van der Waals surface area contributed by atoms with Gasteiger partial charge in [0.1, 0.15) is 0 Å². The standard InChI is InChI=1S/C23H16ClN3OS/c24-17-2-4-20-16(13-17)1-3-18(26-20)7-11-27-12-8-21-22(23(27)28)19(14-29-21)15-5-9-25-10-6-15/h1-6,8-10,12-14H,7,11H2. The minimum Gasteiger partial charge on any atom is -0.315 e. The van der Waals surface area contributed by atoms with Crippen LogP contribution in [0.4, 0.5) is 0 Å². The second-order valence-corrected chi connectivity index (χ2v) is 8.18. The number of thiophene rings is 1. The van der Waals surface area contributed by atoms with Crippen LogP contribution in [0.15, 0.2) is 77.3 Å². The molecule has 0 atom stereocenters. The van der Waals surface area contributed by atoms with Gasteiger partial charge in [0.2, 0.25) is 0 Å². The lowest BCUT2D eigenvalue weighted by Gasteiger charge is -2.08. The summed E-state index contributed by atoms with van der Waals surface area (Å²) in [4.78, 5) is 21.9. The maximum Gasteiger partial charge on any atom is 0.259 e. The van der Waals surface area contributed by atoms with Crippen LogP contribution < -0.4 is 5.56 Å². The molecule has 0 aliphatic heterocycles. The van der Waals surface area contributed by atoms with Gasteiger partial charge in [0.05, 0.1) is 10.9 Å². The Morgan fingerprint density at radius 3 is 2.76 bits per heavy atom. The number of hydrogen-bond donors (Lipinski definition) is 0. The predicted octanol–water partition coefficient (Wildman–Crippen LogP) is 5.57. The van der Waals surface area contributed by atoms with Crippen LogP contribution in [0.2, 0.25) is 5.02 Å². The van der Waals surface area contributed by atoms with E-state index in [1.807, 2.05) is 60.1 Å². The first-order chi connectivity index (χ1) is 14.2. The third kappa shape index (κ3) is 3.43. The molecule has 0 spiro atoms. The van der Waals surface area contributed by atoms with Crippen molar-refractivity contribution in [3.8, 4) is 11.1 Å². The van der Waals surface area contributed by atoms with Gasteiger partial charge in [-0.05, 0) is 48.0 Å². The van der Waals surface area contributed by atoms with Gasteiger partial charge in [-0.15, -0.1) is 11.3 Å². The monoisotopic (exact) mass is 417 g/mol. The van der Waals surface area contributed by atoms with Gasteiger partial charge in [0.15, 0.2) is 0 Å². The quantitative estimate of drug-likeness (QED) is 0.384. The molecule has 0 aliphatic rings. The van der Waals surface area contributed by atoms with Gasteiger partial charge >= 0.3 is 0 Å². The zero-order chi connectivity index (χ0) is 19.8. The average Bonchev–Trinajstić information content (AvgIpc) is 3.19. The van der Waals surface area contributed by atoms with Gasteiger partial charge in [0.25, 0.3) is 5.56 Å². The van der Waals surface area contributed by atoms with Crippen LogP contribution >= 0.6 is 22.9 Å². The molecule has 29 heavy (non-hydrogen) atoms. The molecule has 142 valence electrons. The number of fused-ring (bicyclic) bond motifs is 2. The normalized spacial score (nSPS) is 11.3. The van der Waals surface area contributed by atoms with Crippen molar-refractivity contribution in [2.45, 2.75) is 13.0 Å². The van der Waals surface area contributed by atoms with Gasteiger partial charge < -0.3 is 4.57 Å². The van der Waals surface area contributed by atoms with Gasteiger partial charge in [-0.1, -0.05) is 17.7 Å². The van der Waals surface area contributed by atoms with E-state index in [0.29, 0.717) is 18.0 Å². The van der Waals surface area contributed by atoms with Crippen molar-refractivity contribution in [1.82, 2.24) is 14.5 Å². The van der Waals surface area contributed by atoms with Crippen molar-refractivity contribution in [1.29, 1.82) is 0 Å². The first kappa shape index (κ1) is 18.0. The number of pyridine rings is 3. The Labute approximate surface area is 176 Å². The molecule has 0 N–H and O–H groups in total. The smallest absolute Gasteiger partial charge is 0.259 e. The minimum absolute atomic E-state index is 0.0307. The molecule has 4 nitrogen and oxygen atoms in total. The Bertz CT molecular complexity index is 1390. The van der Waals surface area contributed by atoms with E-state index in [0.717, 1.165) is 37.8 Å². The molecular weight excluding hydrogens is 402 g/mol. The van der Waals surface area contributed by atoms with Crippen molar-refractivity contribution in [2.24, 2.45) is 0 Å². The first-order valence-electron chi connectivity index (χ1n) is 9.25. The second kappa shape index (κ2) is 7.43. The highest BCUT2D eigenvalue weighted by molar-refractivity contribution is 7.17. The number of benzene rings is 1. The van der Waals surface area contributed by atoms with Crippen molar-refractivity contribution in [3.63, 3.8) is 0 Å². The van der Waals surface area contributed by atoms with Crippen LogP contribution in [-0.2, 0) is 13.0 Å². The maximum absolute atomic E-state index is 13.2. The van der Waals surface area contributed by atoms with Crippen LogP contribution in [0, 0.1) is 0 Å². The third-order valence-electron chi connectivity index (χ3n) is 5.01. The number of halogens is 1. The molecule has 0 fully saturated rings. The molecule has 5 aromatic rings. The largest absolute Gasteiger partial charge is 0.315 e. The summed E-state index contributed by atoms with van der Waals surface area (Å²) in [7, 11) is 0. The molecule has 0 unspecified atom stereocenters. The third-order valence-corrected chi connectivity index (χ3v) is 6.19. The number of hydrogen-bond acceptors (Lipinski definition) is 4. The van der Waals surface area contributed by atoms with Crippen LogP contribution in [0.5, 0.6) is 0 Å². The van der Waals surface area contributed by atoms with Gasteiger partial charge in [-0.2, -0.15) is 0 Å². The summed E-state index contributed by atoms with van der Waals surface area (Å²) >= 11 is 7.64. The highest BCUT2D eigenvalue weighted by Crippen LogP contribution is 2.31. The fourth-order valence-electron chi connectivity index (χ4n) is 3.52. The topological polar surface area (TPSA) is 47.8 Å². The lowest BCUT2D eigenvalue weighted by molar-refractivity contribution is 0.667. The lowest BCUT2D eigenvalue weighted by atomic mass is 10.1. The van der Waals surface area contributed by atoms with Crippen molar-refractivity contribution in [2.75, 3.05) is 0 Å². The Balaban J connectivity index is 1.47. The number of aryl methyl sites for hydroxylation is 2. The number of aromatic nitrogens is 3.